The fourth-order valence-electron chi connectivity index (χ4n) is 2.14. The van der Waals surface area contributed by atoms with Crippen LogP contribution in [0, 0.1) is 15.9 Å². The third-order valence-corrected chi connectivity index (χ3v) is 3.28. The van der Waals surface area contributed by atoms with Crippen LogP contribution >= 0.6 is 0 Å². The largest absolute Gasteiger partial charge is 0.495 e. The van der Waals surface area contributed by atoms with Crippen LogP contribution in [0.15, 0.2) is 36.4 Å². The van der Waals surface area contributed by atoms with Crippen molar-refractivity contribution >= 4 is 28.9 Å². The van der Waals surface area contributed by atoms with Crippen LogP contribution in [0.25, 0.3) is 0 Å². The lowest BCUT2D eigenvalue weighted by Crippen LogP contribution is -2.21. The molecule has 0 aliphatic carbocycles. The van der Waals surface area contributed by atoms with Crippen LogP contribution in [0.4, 0.5) is 21.5 Å². The average molecular weight is 377 g/mol. The standard InChI is InChI=1S/C17H16FN3O6/c1-10(22)19-11-3-5-16(26-2)14(7-11)20-17(23)9-27-15-6-4-12(21(24)25)8-13(15)18/h3-8H,9H2,1-2H3,(H,19,22)(H,20,23). The molecule has 2 rings (SSSR count). The Morgan fingerprint density at radius 3 is 2.44 bits per heavy atom. The number of rotatable bonds is 7. The lowest BCUT2D eigenvalue weighted by atomic mass is 10.2. The van der Waals surface area contributed by atoms with Gasteiger partial charge in [-0.3, -0.25) is 19.7 Å². The second kappa shape index (κ2) is 8.61. The molecule has 2 aromatic carbocycles. The normalized spacial score (nSPS) is 10.0. The van der Waals surface area contributed by atoms with Gasteiger partial charge in [-0.25, -0.2) is 4.39 Å². The maximum Gasteiger partial charge on any atom is 0.272 e. The number of nitro groups is 1. The number of nitrogens with one attached hydrogen (secondary N) is 2. The van der Waals surface area contributed by atoms with Gasteiger partial charge in [0.05, 0.1) is 23.8 Å². The van der Waals surface area contributed by atoms with Crippen molar-refractivity contribution in [3.8, 4) is 11.5 Å². The van der Waals surface area contributed by atoms with Crippen molar-refractivity contribution in [1.82, 2.24) is 0 Å². The molecule has 2 aromatic rings. The van der Waals surface area contributed by atoms with Gasteiger partial charge in [0, 0.05) is 18.7 Å². The molecular weight excluding hydrogens is 361 g/mol. The highest BCUT2D eigenvalue weighted by Gasteiger charge is 2.14. The van der Waals surface area contributed by atoms with Crippen molar-refractivity contribution in [1.29, 1.82) is 0 Å². The zero-order valence-corrected chi connectivity index (χ0v) is 14.4. The molecule has 0 aliphatic rings. The Balaban J connectivity index is 2.05. The van der Waals surface area contributed by atoms with Crippen molar-refractivity contribution in [2.75, 3.05) is 24.4 Å². The van der Waals surface area contributed by atoms with Crippen molar-refractivity contribution < 1.29 is 28.4 Å². The number of hydrogen-bond acceptors (Lipinski definition) is 6. The number of benzene rings is 2. The van der Waals surface area contributed by atoms with Gasteiger partial charge in [-0.2, -0.15) is 0 Å². The summed E-state index contributed by atoms with van der Waals surface area (Å²) < 4.78 is 23.9. The minimum atomic E-state index is -0.956. The van der Waals surface area contributed by atoms with Crippen LogP contribution in [0.2, 0.25) is 0 Å². The van der Waals surface area contributed by atoms with E-state index in [2.05, 4.69) is 10.6 Å². The molecule has 27 heavy (non-hydrogen) atoms. The van der Waals surface area contributed by atoms with Gasteiger partial charge in [0.25, 0.3) is 11.6 Å². The number of amides is 2. The summed E-state index contributed by atoms with van der Waals surface area (Å²) in [5.74, 6) is -1.81. The number of anilines is 2. The van der Waals surface area contributed by atoms with Crippen LogP contribution in [0.3, 0.4) is 0 Å². The summed E-state index contributed by atoms with van der Waals surface area (Å²) in [6, 6.07) is 7.48. The van der Waals surface area contributed by atoms with Gasteiger partial charge < -0.3 is 20.1 Å². The molecular formula is C17H16FN3O6. The maximum atomic E-state index is 13.8. The fourth-order valence-corrected chi connectivity index (χ4v) is 2.14. The summed E-state index contributed by atoms with van der Waals surface area (Å²) in [5.41, 5.74) is 0.297. The van der Waals surface area contributed by atoms with Gasteiger partial charge in [-0.15, -0.1) is 0 Å². The first-order valence-electron chi connectivity index (χ1n) is 7.62. The molecule has 9 nitrogen and oxygen atoms in total. The summed E-state index contributed by atoms with van der Waals surface area (Å²) in [5, 5.41) is 15.7. The predicted molar refractivity (Wildman–Crippen MR) is 94.5 cm³/mol. The van der Waals surface area contributed by atoms with E-state index in [0.29, 0.717) is 17.5 Å². The van der Waals surface area contributed by atoms with E-state index in [-0.39, 0.29) is 17.3 Å². The van der Waals surface area contributed by atoms with Gasteiger partial charge in [0.15, 0.2) is 18.2 Å². The molecule has 0 spiro atoms. The number of carbonyl (C=O) groups excluding carboxylic acids is 2. The molecule has 0 bridgehead atoms. The van der Waals surface area contributed by atoms with Crippen LogP contribution in [-0.2, 0) is 9.59 Å². The number of methoxy groups -OCH3 is 1. The first-order chi connectivity index (χ1) is 12.8. The Bertz CT molecular complexity index is 887. The maximum absolute atomic E-state index is 13.8. The third kappa shape index (κ3) is 5.39. The molecule has 0 aromatic heterocycles. The topological polar surface area (TPSA) is 120 Å². The lowest BCUT2D eigenvalue weighted by molar-refractivity contribution is -0.385. The Kier molecular flexibility index (Phi) is 6.26. The Hall–Kier alpha value is -3.69. The number of halogens is 1. The van der Waals surface area contributed by atoms with Crippen molar-refractivity contribution in [3.05, 3.63) is 52.3 Å². The summed E-state index contributed by atoms with van der Waals surface area (Å²) in [6.07, 6.45) is 0. The summed E-state index contributed by atoms with van der Waals surface area (Å²) >= 11 is 0. The number of non-ortho nitro benzene ring substituents is 1. The molecule has 2 amide bonds. The molecule has 0 saturated heterocycles. The molecule has 0 unspecified atom stereocenters. The number of nitrogens with zero attached hydrogens (tertiary/aromatic N) is 1. The number of hydrogen-bond donors (Lipinski definition) is 2. The Morgan fingerprint density at radius 2 is 1.85 bits per heavy atom. The second-order valence-corrected chi connectivity index (χ2v) is 5.30. The fraction of sp³-hybridized carbons (Fsp3) is 0.176. The van der Waals surface area contributed by atoms with Crippen LogP contribution in [0.5, 0.6) is 11.5 Å². The summed E-state index contributed by atoms with van der Waals surface area (Å²) in [6.45, 7) is 0.803. The highest BCUT2D eigenvalue weighted by molar-refractivity contribution is 5.95. The Labute approximate surface area is 153 Å². The second-order valence-electron chi connectivity index (χ2n) is 5.30. The zero-order valence-electron chi connectivity index (χ0n) is 14.4. The first-order valence-corrected chi connectivity index (χ1v) is 7.62. The van der Waals surface area contributed by atoms with Crippen LogP contribution in [0.1, 0.15) is 6.92 Å². The van der Waals surface area contributed by atoms with Crippen LogP contribution < -0.4 is 20.1 Å². The van der Waals surface area contributed by atoms with Crippen molar-refractivity contribution in [2.24, 2.45) is 0 Å². The van der Waals surface area contributed by atoms with Crippen molar-refractivity contribution in [3.63, 3.8) is 0 Å². The summed E-state index contributed by atoms with van der Waals surface area (Å²) in [7, 11) is 1.41. The molecule has 0 aliphatic heterocycles. The molecule has 2 N–H and O–H groups in total. The smallest absolute Gasteiger partial charge is 0.272 e. The molecule has 0 fully saturated rings. The van der Waals surface area contributed by atoms with E-state index in [4.69, 9.17) is 9.47 Å². The number of carbonyl (C=O) groups is 2. The van der Waals surface area contributed by atoms with E-state index in [0.717, 1.165) is 12.1 Å². The van der Waals surface area contributed by atoms with Gasteiger partial charge >= 0.3 is 0 Å². The quantitative estimate of drug-likeness (QED) is 0.565. The molecule has 0 saturated carbocycles. The van der Waals surface area contributed by atoms with E-state index in [1.807, 2.05) is 0 Å². The number of ether oxygens (including phenoxy) is 2. The predicted octanol–water partition coefficient (Wildman–Crippen LogP) is 2.72. The molecule has 142 valence electrons. The summed E-state index contributed by atoms with van der Waals surface area (Å²) in [4.78, 5) is 33.0. The molecule has 0 heterocycles. The van der Waals surface area contributed by atoms with Gasteiger partial charge in [-0.05, 0) is 24.3 Å². The minimum Gasteiger partial charge on any atom is -0.495 e. The highest BCUT2D eigenvalue weighted by Crippen LogP contribution is 2.28. The zero-order chi connectivity index (χ0) is 20.0. The van der Waals surface area contributed by atoms with Crippen LogP contribution in [-0.4, -0.2) is 30.5 Å². The number of nitro benzene ring substituents is 1. The van der Waals surface area contributed by atoms with E-state index in [1.165, 1.54) is 20.1 Å². The van der Waals surface area contributed by atoms with E-state index in [9.17, 15) is 24.1 Å². The van der Waals surface area contributed by atoms with Crippen molar-refractivity contribution in [2.45, 2.75) is 6.92 Å². The SMILES string of the molecule is COc1ccc(NC(C)=O)cc1NC(=O)COc1ccc([N+](=O)[O-])cc1F. The minimum absolute atomic E-state index is 0.279. The average Bonchev–Trinajstić information content (AvgIpc) is 2.60. The van der Waals surface area contributed by atoms with Gasteiger partial charge in [-0.1, -0.05) is 0 Å². The van der Waals surface area contributed by atoms with E-state index < -0.39 is 28.9 Å². The monoisotopic (exact) mass is 377 g/mol. The third-order valence-electron chi connectivity index (χ3n) is 3.28. The lowest BCUT2D eigenvalue weighted by Gasteiger charge is -2.13. The molecule has 0 atom stereocenters. The molecule has 0 radical (unpaired) electrons. The van der Waals surface area contributed by atoms with E-state index in [1.54, 1.807) is 12.1 Å². The molecule has 10 heteroatoms. The highest BCUT2D eigenvalue weighted by atomic mass is 19.1. The van der Waals surface area contributed by atoms with E-state index >= 15 is 0 Å². The Morgan fingerprint density at radius 1 is 1.15 bits per heavy atom. The van der Waals surface area contributed by atoms with Gasteiger partial charge in [0.1, 0.15) is 5.75 Å². The van der Waals surface area contributed by atoms with Gasteiger partial charge in [0.2, 0.25) is 5.91 Å². The first kappa shape index (κ1) is 19.6.